The Balaban J connectivity index is 2.13. The van der Waals surface area contributed by atoms with Gasteiger partial charge in [-0.1, -0.05) is 6.92 Å². The number of hydrogen-bond acceptors (Lipinski definition) is 6. The van der Waals surface area contributed by atoms with E-state index in [1.54, 1.807) is 12.1 Å². The van der Waals surface area contributed by atoms with E-state index in [1.807, 2.05) is 6.92 Å². The third kappa shape index (κ3) is 4.36. The molecule has 0 aromatic carbocycles. The molecule has 0 radical (unpaired) electrons. The first-order valence-electron chi connectivity index (χ1n) is 6.21. The van der Waals surface area contributed by atoms with Gasteiger partial charge in [-0.15, -0.1) is 0 Å². The summed E-state index contributed by atoms with van der Waals surface area (Å²) in [6, 6.07) is 3.25. The molecule has 0 bridgehead atoms. The number of halogens is 1. The minimum atomic E-state index is -3.74. The second-order valence-corrected chi connectivity index (χ2v) is 6.73. The molecule has 0 aliphatic heterocycles. The maximum atomic E-state index is 12.1. The summed E-state index contributed by atoms with van der Waals surface area (Å²) < 4.78 is 27.4. The molecule has 7 nitrogen and oxygen atoms in total. The van der Waals surface area contributed by atoms with Gasteiger partial charge in [0.2, 0.25) is 5.95 Å². The standard InChI is InChI=1S/C12H14BrN5O2S/c1-2-5-14-12-16-7-10(8-17-12)21(19,20)18-11-4-3-9(13)6-15-11/h3-4,6-8H,2,5H2,1H3,(H,15,18)(H,14,16,17). The summed E-state index contributed by atoms with van der Waals surface area (Å²) in [6.45, 7) is 2.74. The molecule has 0 aliphatic carbocycles. The molecule has 21 heavy (non-hydrogen) atoms. The highest BCUT2D eigenvalue weighted by molar-refractivity contribution is 9.10. The molecule has 0 atom stereocenters. The number of pyridine rings is 1. The van der Waals surface area contributed by atoms with Gasteiger partial charge in [-0.2, -0.15) is 0 Å². The van der Waals surface area contributed by atoms with Gasteiger partial charge in [-0.25, -0.2) is 23.4 Å². The number of rotatable bonds is 6. The smallest absolute Gasteiger partial charge is 0.266 e. The fourth-order valence-electron chi connectivity index (χ4n) is 1.42. The lowest BCUT2D eigenvalue weighted by Gasteiger charge is -2.07. The molecule has 2 N–H and O–H groups in total. The second kappa shape index (κ2) is 6.81. The van der Waals surface area contributed by atoms with Crippen LogP contribution < -0.4 is 10.0 Å². The van der Waals surface area contributed by atoms with E-state index in [1.165, 1.54) is 18.6 Å². The van der Waals surface area contributed by atoms with Crippen molar-refractivity contribution in [3.8, 4) is 0 Å². The number of anilines is 2. The van der Waals surface area contributed by atoms with Gasteiger partial charge < -0.3 is 5.32 Å². The predicted octanol–water partition coefficient (Wildman–Crippen LogP) is 2.26. The Bertz CT molecular complexity index is 689. The highest BCUT2D eigenvalue weighted by Gasteiger charge is 2.16. The molecule has 0 saturated carbocycles. The normalized spacial score (nSPS) is 11.1. The summed E-state index contributed by atoms with van der Waals surface area (Å²) in [7, 11) is -3.74. The van der Waals surface area contributed by atoms with Crippen LogP contribution in [-0.2, 0) is 10.0 Å². The minimum Gasteiger partial charge on any atom is -0.354 e. The molecule has 2 heterocycles. The van der Waals surface area contributed by atoms with Crippen LogP contribution >= 0.6 is 15.9 Å². The lowest BCUT2D eigenvalue weighted by molar-refractivity contribution is 0.600. The first-order valence-corrected chi connectivity index (χ1v) is 8.49. The average molecular weight is 372 g/mol. The summed E-state index contributed by atoms with van der Waals surface area (Å²) in [5.74, 6) is 0.629. The van der Waals surface area contributed by atoms with Crippen LogP contribution in [0.15, 0.2) is 40.1 Å². The Hall–Kier alpha value is -1.74. The number of nitrogens with zero attached hydrogens (tertiary/aromatic N) is 3. The molecular formula is C12H14BrN5O2S. The van der Waals surface area contributed by atoms with Crippen molar-refractivity contribution in [2.45, 2.75) is 18.2 Å². The molecular weight excluding hydrogens is 358 g/mol. The maximum Gasteiger partial charge on any atom is 0.266 e. The van der Waals surface area contributed by atoms with Gasteiger partial charge in [0, 0.05) is 17.2 Å². The van der Waals surface area contributed by atoms with Gasteiger partial charge in [-0.3, -0.25) is 4.72 Å². The second-order valence-electron chi connectivity index (χ2n) is 4.14. The monoisotopic (exact) mass is 371 g/mol. The summed E-state index contributed by atoms with van der Waals surface area (Å²) in [5, 5.41) is 2.97. The molecule has 2 aromatic heterocycles. The van der Waals surface area contributed by atoms with Crippen LogP contribution in [0.3, 0.4) is 0 Å². The molecule has 0 aliphatic rings. The average Bonchev–Trinajstić information content (AvgIpc) is 2.48. The first-order chi connectivity index (χ1) is 10.0. The summed E-state index contributed by atoms with van der Waals surface area (Å²) in [5.41, 5.74) is 0. The fourth-order valence-corrected chi connectivity index (χ4v) is 2.55. The molecule has 0 unspecified atom stereocenters. The number of hydrogen-bond donors (Lipinski definition) is 2. The summed E-state index contributed by atoms with van der Waals surface area (Å²) in [4.78, 5) is 11.9. The van der Waals surface area contributed by atoms with Crippen molar-refractivity contribution in [2.75, 3.05) is 16.6 Å². The van der Waals surface area contributed by atoms with Crippen LogP contribution in [-0.4, -0.2) is 29.9 Å². The van der Waals surface area contributed by atoms with E-state index >= 15 is 0 Å². The van der Waals surface area contributed by atoms with E-state index in [0.29, 0.717) is 5.95 Å². The van der Waals surface area contributed by atoms with Crippen molar-refractivity contribution in [1.82, 2.24) is 15.0 Å². The zero-order valence-electron chi connectivity index (χ0n) is 11.2. The van der Waals surface area contributed by atoms with Crippen LogP contribution in [0.1, 0.15) is 13.3 Å². The fraction of sp³-hybridized carbons (Fsp3) is 0.250. The van der Waals surface area contributed by atoms with Crippen molar-refractivity contribution < 1.29 is 8.42 Å². The van der Waals surface area contributed by atoms with Crippen molar-refractivity contribution >= 4 is 37.7 Å². The highest BCUT2D eigenvalue weighted by Crippen LogP contribution is 2.15. The van der Waals surface area contributed by atoms with Crippen molar-refractivity contribution in [3.63, 3.8) is 0 Å². The lowest BCUT2D eigenvalue weighted by Crippen LogP contribution is -2.15. The van der Waals surface area contributed by atoms with Crippen molar-refractivity contribution in [2.24, 2.45) is 0 Å². The quantitative estimate of drug-likeness (QED) is 0.808. The van der Waals surface area contributed by atoms with Crippen LogP contribution in [0, 0.1) is 0 Å². The zero-order chi connectivity index (χ0) is 15.3. The third-order valence-electron chi connectivity index (χ3n) is 2.44. The molecule has 9 heteroatoms. The highest BCUT2D eigenvalue weighted by atomic mass is 79.9. The van der Waals surface area contributed by atoms with Crippen LogP contribution in [0.2, 0.25) is 0 Å². The zero-order valence-corrected chi connectivity index (χ0v) is 13.6. The lowest BCUT2D eigenvalue weighted by atomic mass is 10.5. The van der Waals surface area contributed by atoms with Gasteiger partial charge in [0.25, 0.3) is 10.0 Å². The van der Waals surface area contributed by atoms with Crippen molar-refractivity contribution in [1.29, 1.82) is 0 Å². The van der Waals surface area contributed by atoms with Gasteiger partial charge in [0.15, 0.2) is 0 Å². The number of aromatic nitrogens is 3. The van der Waals surface area contributed by atoms with E-state index in [0.717, 1.165) is 17.4 Å². The van der Waals surface area contributed by atoms with Gasteiger partial charge in [0.05, 0.1) is 12.4 Å². The molecule has 2 aromatic rings. The van der Waals surface area contributed by atoms with E-state index in [4.69, 9.17) is 0 Å². The molecule has 112 valence electrons. The molecule has 0 amide bonds. The molecule has 0 spiro atoms. The topological polar surface area (TPSA) is 96.9 Å². The van der Waals surface area contributed by atoms with Gasteiger partial charge in [-0.05, 0) is 34.5 Å². The van der Waals surface area contributed by atoms with Crippen LogP contribution in [0.25, 0.3) is 0 Å². The summed E-state index contributed by atoms with van der Waals surface area (Å²) >= 11 is 3.23. The molecule has 0 fully saturated rings. The Morgan fingerprint density at radius 1 is 1.14 bits per heavy atom. The largest absolute Gasteiger partial charge is 0.354 e. The first kappa shape index (κ1) is 15.6. The van der Waals surface area contributed by atoms with Crippen LogP contribution in [0.5, 0.6) is 0 Å². The minimum absolute atomic E-state index is 0.0192. The number of sulfonamides is 1. The SMILES string of the molecule is CCCNc1ncc(S(=O)(=O)Nc2ccc(Br)cn2)cn1. The summed E-state index contributed by atoms with van der Waals surface area (Å²) in [6.07, 6.45) is 4.95. The molecule has 2 rings (SSSR count). The van der Waals surface area contributed by atoms with E-state index < -0.39 is 10.0 Å². The van der Waals surface area contributed by atoms with E-state index in [9.17, 15) is 8.42 Å². The van der Waals surface area contributed by atoms with E-state index in [2.05, 4.69) is 40.9 Å². The van der Waals surface area contributed by atoms with Crippen LogP contribution in [0.4, 0.5) is 11.8 Å². The molecule has 0 saturated heterocycles. The predicted molar refractivity (Wildman–Crippen MR) is 83.6 cm³/mol. The van der Waals surface area contributed by atoms with Gasteiger partial charge >= 0.3 is 0 Å². The Kier molecular flexibility index (Phi) is 5.07. The third-order valence-corrected chi connectivity index (χ3v) is 4.22. The maximum absolute atomic E-state index is 12.1. The van der Waals surface area contributed by atoms with Crippen molar-refractivity contribution in [3.05, 3.63) is 35.2 Å². The Morgan fingerprint density at radius 2 is 1.86 bits per heavy atom. The Labute approximate surface area is 131 Å². The van der Waals surface area contributed by atoms with E-state index in [-0.39, 0.29) is 10.7 Å². The number of nitrogens with one attached hydrogen (secondary N) is 2. The van der Waals surface area contributed by atoms with Gasteiger partial charge in [0.1, 0.15) is 10.7 Å². The Morgan fingerprint density at radius 3 is 2.43 bits per heavy atom.